The van der Waals surface area contributed by atoms with Crippen LogP contribution in [0.2, 0.25) is 0 Å². The first-order valence-electron chi connectivity index (χ1n) is 6.46. The van der Waals surface area contributed by atoms with E-state index >= 15 is 0 Å². The maximum absolute atomic E-state index is 3.69. The molecule has 2 unspecified atom stereocenters. The van der Waals surface area contributed by atoms with Gasteiger partial charge in [-0.15, -0.1) is 11.3 Å². The molecule has 0 aromatic carbocycles. The van der Waals surface area contributed by atoms with Crippen LogP contribution in [-0.4, -0.2) is 6.54 Å². The molecule has 0 amide bonds. The van der Waals surface area contributed by atoms with Gasteiger partial charge in [-0.25, -0.2) is 0 Å². The van der Waals surface area contributed by atoms with Gasteiger partial charge in [-0.3, -0.25) is 0 Å². The van der Waals surface area contributed by atoms with Crippen molar-refractivity contribution in [2.45, 2.75) is 53.0 Å². The molecular formula is C14H25NS. The molecule has 0 spiro atoms. The topological polar surface area (TPSA) is 12.0 Å². The van der Waals surface area contributed by atoms with Crippen molar-refractivity contribution in [3.63, 3.8) is 0 Å². The molecule has 2 atom stereocenters. The van der Waals surface area contributed by atoms with Crippen molar-refractivity contribution in [1.82, 2.24) is 5.32 Å². The summed E-state index contributed by atoms with van der Waals surface area (Å²) in [6, 6.07) is 2.80. The lowest BCUT2D eigenvalue weighted by Gasteiger charge is -2.21. The Bertz CT molecular complexity index is 293. The highest BCUT2D eigenvalue weighted by atomic mass is 32.1. The van der Waals surface area contributed by atoms with E-state index in [9.17, 15) is 0 Å². The van der Waals surface area contributed by atoms with Crippen LogP contribution >= 0.6 is 11.3 Å². The molecule has 0 saturated heterocycles. The Balaban J connectivity index is 2.67. The summed E-state index contributed by atoms with van der Waals surface area (Å²) in [6.07, 6.45) is 3.74. The Morgan fingerprint density at radius 3 is 2.62 bits per heavy atom. The second-order valence-electron chi connectivity index (χ2n) is 4.72. The van der Waals surface area contributed by atoms with Crippen LogP contribution in [0.25, 0.3) is 0 Å². The molecule has 0 bridgehead atoms. The largest absolute Gasteiger partial charge is 0.309 e. The number of thiophene rings is 1. The van der Waals surface area contributed by atoms with Crippen LogP contribution < -0.4 is 5.32 Å². The van der Waals surface area contributed by atoms with Gasteiger partial charge in [0.05, 0.1) is 0 Å². The summed E-state index contributed by atoms with van der Waals surface area (Å²) in [7, 11) is 0. The zero-order valence-corrected chi connectivity index (χ0v) is 11.9. The SMILES string of the molecule is CCCNC(CC(C)CC)c1sccc1C. The summed E-state index contributed by atoms with van der Waals surface area (Å²) < 4.78 is 0. The fourth-order valence-corrected chi connectivity index (χ4v) is 2.93. The van der Waals surface area contributed by atoms with Gasteiger partial charge in [-0.2, -0.15) is 0 Å². The number of hydrogen-bond donors (Lipinski definition) is 1. The molecule has 1 aromatic rings. The fraction of sp³-hybridized carbons (Fsp3) is 0.714. The van der Waals surface area contributed by atoms with E-state index in [2.05, 4.69) is 44.5 Å². The van der Waals surface area contributed by atoms with Crippen LogP contribution in [0.5, 0.6) is 0 Å². The summed E-state index contributed by atoms with van der Waals surface area (Å²) in [6.45, 7) is 10.2. The second kappa shape index (κ2) is 7.08. The van der Waals surface area contributed by atoms with E-state index in [0.717, 1.165) is 12.5 Å². The third-order valence-electron chi connectivity index (χ3n) is 3.19. The normalized spacial score (nSPS) is 15.0. The van der Waals surface area contributed by atoms with Crippen molar-refractivity contribution in [1.29, 1.82) is 0 Å². The van der Waals surface area contributed by atoms with Crippen molar-refractivity contribution < 1.29 is 0 Å². The Labute approximate surface area is 104 Å². The van der Waals surface area contributed by atoms with Crippen LogP contribution in [0.4, 0.5) is 0 Å². The van der Waals surface area contributed by atoms with Crippen molar-refractivity contribution >= 4 is 11.3 Å². The monoisotopic (exact) mass is 239 g/mol. The first kappa shape index (κ1) is 13.7. The third kappa shape index (κ3) is 3.91. The van der Waals surface area contributed by atoms with E-state index in [1.807, 2.05) is 11.3 Å². The van der Waals surface area contributed by atoms with Gasteiger partial charge in [0.2, 0.25) is 0 Å². The zero-order valence-electron chi connectivity index (χ0n) is 11.0. The minimum atomic E-state index is 0.565. The second-order valence-corrected chi connectivity index (χ2v) is 5.67. The molecule has 0 aliphatic heterocycles. The van der Waals surface area contributed by atoms with E-state index < -0.39 is 0 Å². The molecule has 0 aliphatic carbocycles. The standard InChI is InChI=1S/C14H25NS/c1-5-8-15-13(10-11(3)6-2)14-12(4)7-9-16-14/h7,9,11,13,15H,5-6,8,10H2,1-4H3. The molecule has 2 heteroatoms. The van der Waals surface area contributed by atoms with Crippen molar-refractivity contribution in [2.24, 2.45) is 5.92 Å². The lowest BCUT2D eigenvalue weighted by atomic mass is 9.97. The lowest BCUT2D eigenvalue weighted by molar-refractivity contribution is 0.405. The van der Waals surface area contributed by atoms with Crippen LogP contribution in [-0.2, 0) is 0 Å². The molecule has 1 nitrogen and oxygen atoms in total. The minimum Gasteiger partial charge on any atom is -0.309 e. The molecule has 0 saturated carbocycles. The summed E-state index contributed by atoms with van der Waals surface area (Å²) >= 11 is 1.90. The molecule has 1 heterocycles. The summed E-state index contributed by atoms with van der Waals surface area (Å²) in [5, 5.41) is 5.90. The maximum atomic E-state index is 3.69. The Hall–Kier alpha value is -0.340. The first-order chi connectivity index (χ1) is 7.69. The van der Waals surface area contributed by atoms with Crippen LogP contribution in [0, 0.1) is 12.8 Å². The molecule has 0 fully saturated rings. The highest BCUT2D eigenvalue weighted by Crippen LogP contribution is 2.29. The third-order valence-corrected chi connectivity index (χ3v) is 4.33. The zero-order chi connectivity index (χ0) is 12.0. The maximum Gasteiger partial charge on any atom is 0.0420 e. The van der Waals surface area contributed by atoms with Crippen LogP contribution in [0.3, 0.4) is 0 Å². The smallest absolute Gasteiger partial charge is 0.0420 e. The van der Waals surface area contributed by atoms with Gasteiger partial charge in [0.25, 0.3) is 0 Å². The average Bonchev–Trinajstić information content (AvgIpc) is 2.70. The van der Waals surface area contributed by atoms with Crippen LogP contribution in [0.15, 0.2) is 11.4 Å². The van der Waals surface area contributed by atoms with Gasteiger partial charge in [0.1, 0.15) is 0 Å². The van der Waals surface area contributed by atoms with Gasteiger partial charge in [-0.05, 0) is 49.2 Å². The highest BCUT2D eigenvalue weighted by Gasteiger charge is 2.16. The van der Waals surface area contributed by atoms with Gasteiger partial charge in [0, 0.05) is 10.9 Å². The molecule has 1 rings (SSSR count). The number of hydrogen-bond acceptors (Lipinski definition) is 2. The number of nitrogens with one attached hydrogen (secondary N) is 1. The molecule has 1 aromatic heterocycles. The van der Waals surface area contributed by atoms with Gasteiger partial charge in [-0.1, -0.05) is 27.2 Å². The summed E-state index contributed by atoms with van der Waals surface area (Å²) in [5.74, 6) is 0.802. The Morgan fingerprint density at radius 1 is 1.38 bits per heavy atom. The first-order valence-corrected chi connectivity index (χ1v) is 7.34. The van der Waals surface area contributed by atoms with Gasteiger partial charge < -0.3 is 5.32 Å². The van der Waals surface area contributed by atoms with Crippen molar-refractivity contribution in [3.05, 3.63) is 21.9 Å². The predicted octanol–water partition coefficient (Wildman–Crippen LogP) is 4.53. The molecule has 92 valence electrons. The molecule has 0 aliphatic rings. The fourth-order valence-electron chi connectivity index (χ4n) is 1.91. The van der Waals surface area contributed by atoms with E-state index in [1.165, 1.54) is 29.7 Å². The predicted molar refractivity (Wildman–Crippen MR) is 74.2 cm³/mol. The number of rotatable bonds is 7. The Morgan fingerprint density at radius 2 is 2.12 bits per heavy atom. The molecule has 16 heavy (non-hydrogen) atoms. The van der Waals surface area contributed by atoms with E-state index in [0.29, 0.717) is 6.04 Å². The van der Waals surface area contributed by atoms with Crippen LogP contribution in [0.1, 0.15) is 56.5 Å². The molecular weight excluding hydrogens is 214 g/mol. The van der Waals surface area contributed by atoms with E-state index in [1.54, 1.807) is 0 Å². The minimum absolute atomic E-state index is 0.565. The molecule has 1 N–H and O–H groups in total. The van der Waals surface area contributed by atoms with Crippen molar-refractivity contribution in [2.75, 3.05) is 6.54 Å². The Kier molecular flexibility index (Phi) is 6.07. The lowest BCUT2D eigenvalue weighted by Crippen LogP contribution is -2.23. The quantitative estimate of drug-likeness (QED) is 0.737. The number of aryl methyl sites for hydroxylation is 1. The summed E-state index contributed by atoms with van der Waals surface area (Å²) in [4.78, 5) is 1.54. The van der Waals surface area contributed by atoms with E-state index in [-0.39, 0.29) is 0 Å². The van der Waals surface area contributed by atoms with E-state index in [4.69, 9.17) is 0 Å². The van der Waals surface area contributed by atoms with Gasteiger partial charge in [0.15, 0.2) is 0 Å². The average molecular weight is 239 g/mol. The summed E-state index contributed by atoms with van der Waals surface area (Å²) in [5.41, 5.74) is 1.45. The molecule has 0 radical (unpaired) electrons. The highest BCUT2D eigenvalue weighted by molar-refractivity contribution is 7.10. The van der Waals surface area contributed by atoms with Gasteiger partial charge >= 0.3 is 0 Å². The van der Waals surface area contributed by atoms with Crippen molar-refractivity contribution in [3.8, 4) is 0 Å².